The maximum Gasteiger partial charge on any atom is 0.191 e. The van der Waals surface area contributed by atoms with E-state index in [1.165, 1.54) is 12.2 Å². The SMILES string of the molecule is CCCOc1ccc(CN=C(NCC)NCCCCSC)cc1OC.I. The van der Waals surface area contributed by atoms with Crippen LogP contribution in [0.3, 0.4) is 0 Å². The zero-order valence-corrected chi connectivity index (χ0v) is 19.6. The van der Waals surface area contributed by atoms with Crippen LogP contribution in [0.4, 0.5) is 0 Å². The van der Waals surface area contributed by atoms with E-state index < -0.39 is 0 Å². The van der Waals surface area contributed by atoms with Crippen molar-refractivity contribution in [2.45, 2.75) is 39.7 Å². The minimum absolute atomic E-state index is 0. The number of benzene rings is 1. The van der Waals surface area contributed by atoms with E-state index in [1.807, 2.05) is 30.0 Å². The van der Waals surface area contributed by atoms with E-state index in [2.05, 4.69) is 35.7 Å². The summed E-state index contributed by atoms with van der Waals surface area (Å²) in [5.74, 6) is 3.62. The number of methoxy groups -OCH3 is 1. The molecule has 0 saturated carbocycles. The number of hydrogen-bond donors (Lipinski definition) is 2. The Morgan fingerprint density at radius 1 is 1.15 bits per heavy atom. The molecule has 0 bridgehead atoms. The number of nitrogens with zero attached hydrogens (tertiary/aromatic N) is 1. The van der Waals surface area contributed by atoms with E-state index in [9.17, 15) is 0 Å². The molecule has 0 unspecified atom stereocenters. The standard InChI is InChI=1S/C19H33N3O2S.HI/c1-5-12-24-17-10-9-16(14-18(17)23-3)15-22-19(20-6-2)21-11-7-8-13-25-4;/h9-10,14H,5-8,11-13,15H2,1-4H3,(H2,20,21,22);1H. The van der Waals surface area contributed by atoms with Gasteiger partial charge in [-0.3, -0.25) is 0 Å². The summed E-state index contributed by atoms with van der Waals surface area (Å²) in [6, 6.07) is 6.00. The lowest BCUT2D eigenvalue weighted by Crippen LogP contribution is -2.37. The second kappa shape index (κ2) is 16.4. The molecule has 0 aromatic heterocycles. The predicted octanol–water partition coefficient (Wildman–Crippen LogP) is 4.30. The summed E-state index contributed by atoms with van der Waals surface area (Å²) in [5.41, 5.74) is 1.10. The predicted molar refractivity (Wildman–Crippen MR) is 125 cm³/mol. The summed E-state index contributed by atoms with van der Waals surface area (Å²) in [5, 5.41) is 6.68. The highest BCUT2D eigenvalue weighted by atomic mass is 127. The number of aliphatic imine (C=N–C) groups is 1. The highest BCUT2D eigenvalue weighted by Crippen LogP contribution is 2.28. The maximum atomic E-state index is 5.69. The lowest BCUT2D eigenvalue weighted by atomic mass is 10.2. The van der Waals surface area contributed by atoms with Crippen LogP contribution in [-0.2, 0) is 6.54 Å². The van der Waals surface area contributed by atoms with Gasteiger partial charge in [0.15, 0.2) is 17.5 Å². The van der Waals surface area contributed by atoms with Crippen LogP contribution in [-0.4, -0.2) is 44.8 Å². The number of halogens is 1. The Bertz CT molecular complexity index is 516. The van der Waals surface area contributed by atoms with Crippen molar-refractivity contribution in [3.63, 3.8) is 0 Å². The first-order chi connectivity index (χ1) is 12.2. The topological polar surface area (TPSA) is 54.9 Å². The molecule has 7 heteroatoms. The van der Waals surface area contributed by atoms with Crippen molar-refractivity contribution in [3.8, 4) is 11.5 Å². The van der Waals surface area contributed by atoms with Gasteiger partial charge >= 0.3 is 0 Å². The molecule has 150 valence electrons. The van der Waals surface area contributed by atoms with Crippen molar-refractivity contribution in [2.75, 3.05) is 38.8 Å². The fourth-order valence-corrected chi connectivity index (χ4v) is 2.72. The van der Waals surface area contributed by atoms with Crippen LogP contribution in [0.2, 0.25) is 0 Å². The number of hydrogen-bond acceptors (Lipinski definition) is 4. The smallest absolute Gasteiger partial charge is 0.191 e. The van der Waals surface area contributed by atoms with Gasteiger partial charge in [-0.05, 0) is 55.9 Å². The Morgan fingerprint density at radius 2 is 1.96 bits per heavy atom. The molecule has 0 radical (unpaired) electrons. The van der Waals surface area contributed by atoms with Gasteiger partial charge in [-0.2, -0.15) is 11.8 Å². The lowest BCUT2D eigenvalue weighted by Gasteiger charge is -2.13. The quantitative estimate of drug-likeness (QED) is 0.196. The molecule has 0 atom stereocenters. The molecule has 26 heavy (non-hydrogen) atoms. The Morgan fingerprint density at radius 3 is 2.62 bits per heavy atom. The summed E-state index contributed by atoms with van der Waals surface area (Å²) in [7, 11) is 1.67. The number of unbranched alkanes of at least 4 members (excludes halogenated alkanes) is 1. The van der Waals surface area contributed by atoms with Crippen LogP contribution in [0.25, 0.3) is 0 Å². The minimum atomic E-state index is 0. The second-order valence-corrected chi connectivity index (χ2v) is 6.64. The highest BCUT2D eigenvalue weighted by Gasteiger charge is 2.06. The first kappa shape index (κ1) is 25.2. The molecule has 0 aliphatic rings. The number of guanidine groups is 1. The van der Waals surface area contributed by atoms with Crippen LogP contribution in [0, 0.1) is 0 Å². The van der Waals surface area contributed by atoms with Crippen LogP contribution in [0.5, 0.6) is 11.5 Å². The monoisotopic (exact) mass is 495 g/mol. The fourth-order valence-electron chi connectivity index (χ4n) is 2.23. The van der Waals surface area contributed by atoms with Gasteiger partial charge in [0.25, 0.3) is 0 Å². The van der Waals surface area contributed by atoms with Crippen LogP contribution >= 0.6 is 35.7 Å². The zero-order chi connectivity index (χ0) is 18.3. The maximum absolute atomic E-state index is 5.69. The third kappa shape index (κ3) is 10.4. The molecular formula is C19H34IN3O2S. The van der Waals surface area contributed by atoms with Crippen molar-refractivity contribution < 1.29 is 9.47 Å². The lowest BCUT2D eigenvalue weighted by molar-refractivity contribution is 0.294. The van der Waals surface area contributed by atoms with Gasteiger partial charge in [-0.25, -0.2) is 4.99 Å². The number of ether oxygens (including phenoxy) is 2. The largest absolute Gasteiger partial charge is 0.493 e. The molecule has 0 heterocycles. The van der Waals surface area contributed by atoms with Crippen LogP contribution in [0.15, 0.2) is 23.2 Å². The molecule has 0 amide bonds. The third-order valence-corrected chi connectivity index (χ3v) is 4.22. The molecule has 1 aromatic rings. The van der Waals surface area contributed by atoms with Gasteiger partial charge in [0.1, 0.15) is 0 Å². The third-order valence-electron chi connectivity index (χ3n) is 3.52. The first-order valence-corrected chi connectivity index (χ1v) is 10.4. The number of rotatable bonds is 12. The van der Waals surface area contributed by atoms with Gasteiger partial charge in [-0.15, -0.1) is 24.0 Å². The molecule has 0 aliphatic heterocycles. The van der Waals surface area contributed by atoms with Crippen molar-refractivity contribution in [1.82, 2.24) is 10.6 Å². The summed E-state index contributed by atoms with van der Waals surface area (Å²) in [6.07, 6.45) is 5.50. The molecule has 0 spiro atoms. The Balaban J connectivity index is 0.00000625. The Labute approximate surface area is 180 Å². The molecular weight excluding hydrogens is 461 g/mol. The van der Waals surface area contributed by atoms with Crippen molar-refractivity contribution in [1.29, 1.82) is 0 Å². The highest BCUT2D eigenvalue weighted by molar-refractivity contribution is 14.0. The van der Waals surface area contributed by atoms with Gasteiger partial charge in [-0.1, -0.05) is 13.0 Å². The molecule has 1 aromatic carbocycles. The minimum Gasteiger partial charge on any atom is -0.493 e. The van der Waals surface area contributed by atoms with Gasteiger partial charge in [0.05, 0.1) is 20.3 Å². The van der Waals surface area contributed by atoms with Crippen molar-refractivity contribution >= 4 is 41.7 Å². The van der Waals surface area contributed by atoms with Crippen LogP contribution in [0.1, 0.15) is 38.7 Å². The molecule has 1 rings (SSSR count). The van der Waals surface area contributed by atoms with Gasteiger partial charge < -0.3 is 20.1 Å². The van der Waals surface area contributed by atoms with E-state index in [0.717, 1.165) is 49.0 Å². The average molecular weight is 495 g/mol. The van der Waals surface area contributed by atoms with Crippen molar-refractivity contribution in [3.05, 3.63) is 23.8 Å². The van der Waals surface area contributed by atoms with E-state index in [-0.39, 0.29) is 24.0 Å². The first-order valence-electron chi connectivity index (χ1n) is 9.05. The van der Waals surface area contributed by atoms with Gasteiger partial charge in [0.2, 0.25) is 0 Å². The fraction of sp³-hybridized carbons (Fsp3) is 0.632. The molecule has 5 nitrogen and oxygen atoms in total. The molecule has 2 N–H and O–H groups in total. The summed E-state index contributed by atoms with van der Waals surface area (Å²) >= 11 is 1.89. The molecule has 0 aliphatic carbocycles. The Kier molecular flexibility index (Phi) is 15.8. The summed E-state index contributed by atoms with van der Waals surface area (Å²) < 4.78 is 11.1. The average Bonchev–Trinajstić information content (AvgIpc) is 2.64. The second-order valence-electron chi connectivity index (χ2n) is 5.66. The summed E-state index contributed by atoms with van der Waals surface area (Å²) in [6.45, 7) is 7.26. The number of thioether (sulfide) groups is 1. The van der Waals surface area contributed by atoms with Gasteiger partial charge in [0, 0.05) is 13.1 Å². The normalized spacial score (nSPS) is 10.8. The zero-order valence-electron chi connectivity index (χ0n) is 16.5. The molecule has 0 saturated heterocycles. The van der Waals surface area contributed by atoms with E-state index in [4.69, 9.17) is 9.47 Å². The van der Waals surface area contributed by atoms with E-state index in [0.29, 0.717) is 13.2 Å². The molecule has 0 fully saturated rings. The summed E-state index contributed by atoms with van der Waals surface area (Å²) in [4.78, 5) is 4.66. The van der Waals surface area contributed by atoms with Crippen molar-refractivity contribution in [2.24, 2.45) is 4.99 Å². The number of nitrogens with one attached hydrogen (secondary N) is 2. The van der Waals surface area contributed by atoms with Crippen LogP contribution < -0.4 is 20.1 Å². The van der Waals surface area contributed by atoms with E-state index >= 15 is 0 Å². The van der Waals surface area contributed by atoms with E-state index in [1.54, 1.807) is 7.11 Å². The Hall–Kier alpha value is -0.830.